The van der Waals surface area contributed by atoms with Crippen LogP contribution in [-0.4, -0.2) is 0 Å². The number of allylic oxidation sites excluding steroid dienone is 2. The molecule has 52 valence electrons. The van der Waals surface area contributed by atoms with E-state index in [9.17, 15) is 0 Å². The first kappa shape index (κ1) is 7.38. The van der Waals surface area contributed by atoms with Gasteiger partial charge in [0.2, 0.25) is 0 Å². The second kappa shape index (κ2) is 3.44. The van der Waals surface area contributed by atoms with Gasteiger partial charge in [-0.3, -0.25) is 0 Å². The Morgan fingerprint density at radius 1 is 1.33 bits per heavy atom. The van der Waals surface area contributed by atoms with Crippen LogP contribution in [0, 0.1) is 0 Å². The van der Waals surface area contributed by atoms with Gasteiger partial charge in [0.25, 0.3) is 0 Å². The molecule has 0 saturated heterocycles. The maximum atomic E-state index is 5.15. The first-order valence-electron chi connectivity index (χ1n) is 3.32. The largest absolute Gasteiger partial charge is 0.432 e. The van der Waals surface area contributed by atoms with Crippen molar-refractivity contribution in [3.8, 4) is 0 Å². The van der Waals surface area contributed by atoms with E-state index < -0.39 is 0 Å². The summed E-state index contributed by atoms with van der Waals surface area (Å²) in [6, 6.07) is 0. The highest BCUT2D eigenvalue weighted by molar-refractivity contribution is 14.1. The smallest absolute Gasteiger partial charge is 0.192 e. The zero-order chi connectivity index (χ0) is 6.69. The highest BCUT2D eigenvalue weighted by atomic mass is 127. The first-order valence-corrected chi connectivity index (χ1v) is 4.20. The van der Waals surface area contributed by atoms with Crippen molar-refractivity contribution in [2.45, 2.75) is 32.6 Å². The van der Waals surface area contributed by atoms with Gasteiger partial charge in [-0.1, -0.05) is 0 Å². The van der Waals surface area contributed by atoms with Crippen LogP contribution in [0.1, 0.15) is 32.6 Å². The minimum atomic E-state index is 1.15. The molecule has 0 N–H and O–H groups in total. The summed E-state index contributed by atoms with van der Waals surface area (Å²) in [5.74, 6) is 1.21. The van der Waals surface area contributed by atoms with E-state index in [-0.39, 0.29) is 0 Å². The lowest BCUT2D eigenvalue weighted by atomic mass is 9.99. The monoisotopic (exact) mass is 238 g/mol. The molecule has 0 fully saturated rings. The van der Waals surface area contributed by atoms with Gasteiger partial charge in [0, 0.05) is 6.42 Å². The molecule has 0 aromatic rings. The van der Waals surface area contributed by atoms with Crippen LogP contribution >= 0.6 is 23.0 Å². The fraction of sp³-hybridized carbons (Fsp3) is 0.714. The van der Waals surface area contributed by atoms with Crippen LogP contribution < -0.4 is 0 Å². The van der Waals surface area contributed by atoms with Crippen LogP contribution in [0.3, 0.4) is 0 Å². The average Bonchev–Trinajstić information content (AvgIpc) is 1.89. The fourth-order valence-electron chi connectivity index (χ4n) is 1.13. The molecule has 0 heterocycles. The molecule has 2 heteroatoms. The van der Waals surface area contributed by atoms with Crippen molar-refractivity contribution < 1.29 is 3.07 Å². The van der Waals surface area contributed by atoms with Crippen molar-refractivity contribution in [1.82, 2.24) is 0 Å². The lowest BCUT2D eigenvalue weighted by Gasteiger charge is -2.13. The molecular formula is C7H11IO. The summed E-state index contributed by atoms with van der Waals surface area (Å²) >= 11 is 1.96. The van der Waals surface area contributed by atoms with Gasteiger partial charge in [-0.05, 0) is 31.8 Å². The Balaban J connectivity index is 2.59. The fourth-order valence-corrected chi connectivity index (χ4v) is 1.73. The summed E-state index contributed by atoms with van der Waals surface area (Å²) in [5, 5.41) is 0. The van der Waals surface area contributed by atoms with Gasteiger partial charge in [-0.15, -0.1) is 0 Å². The molecule has 0 aliphatic heterocycles. The standard InChI is InChI=1S/C7H11IO/c1-6-4-2-3-5-7(6)9-8/h2-5H2,1H3. The molecule has 1 aliphatic rings. The summed E-state index contributed by atoms with van der Waals surface area (Å²) in [5.41, 5.74) is 1.44. The van der Waals surface area contributed by atoms with Gasteiger partial charge in [0.1, 0.15) is 5.76 Å². The van der Waals surface area contributed by atoms with E-state index in [1.165, 1.54) is 30.6 Å². The molecule has 0 amide bonds. The second-order valence-electron chi connectivity index (χ2n) is 2.49. The van der Waals surface area contributed by atoms with Crippen LogP contribution in [0.2, 0.25) is 0 Å². The zero-order valence-corrected chi connectivity index (χ0v) is 7.77. The molecule has 9 heavy (non-hydrogen) atoms. The normalized spacial score (nSPS) is 20.2. The highest BCUT2D eigenvalue weighted by Gasteiger charge is 2.08. The molecule has 0 bridgehead atoms. The van der Waals surface area contributed by atoms with Gasteiger partial charge >= 0.3 is 0 Å². The van der Waals surface area contributed by atoms with E-state index in [4.69, 9.17) is 3.07 Å². The van der Waals surface area contributed by atoms with Crippen LogP contribution in [0.15, 0.2) is 11.3 Å². The minimum absolute atomic E-state index is 1.15. The van der Waals surface area contributed by atoms with E-state index in [0.717, 1.165) is 6.42 Å². The average molecular weight is 238 g/mol. The Kier molecular flexibility index (Phi) is 2.82. The Hall–Kier alpha value is 0.270. The van der Waals surface area contributed by atoms with Gasteiger partial charge in [0.05, 0.1) is 0 Å². The molecule has 0 radical (unpaired) electrons. The summed E-state index contributed by atoms with van der Waals surface area (Å²) in [6.07, 6.45) is 5.03. The predicted molar refractivity (Wildman–Crippen MR) is 46.3 cm³/mol. The van der Waals surface area contributed by atoms with Crippen LogP contribution in [-0.2, 0) is 3.07 Å². The Morgan fingerprint density at radius 3 is 2.44 bits per heavy atom. The third-order valence-corrected chi connectivity index (χ3v) is 2.31. The molecule has 0 unspecified atom stereocenters. The van der Waals surface area contributed by atoms with E-state index in [1.807, 2.05) is 23.0 Å². The number of rotatable bonds is 1. The third-order valence-electron chi connectivity index (χ3n) is 1.77. The zero-order valence-electron chi connectivity index (χ0n) is 5.61. The summed E-state index contributed by atoms with van der Waals surface area (Å²) in [7, 11) is 0. The SMILES string of the molecule is CC1=C(OI)CCCC1. The molecule has 0 atom stereocenters. The van der Waals surface area contributed by atoms with E-state index in [2.05, 4.69) is 6.92 Å². The van der Waals surface area contributed by atoms with Gasteiger partial charge < -0.3 is 3.07 Å². The lowest BCUT2D eigenvalue weighted by Crippen LogP contribution is -1.96. The predicted octanol–water partition coefficient (Wildman–Crippen LogP) is 3.20. The van der Waals surface area contributed by atoms with Gasteiger partial charge in [-0.25, -0.2) is 0 Å². The Morgan fingerprint density at radius 2 is 2.00 bits per heavy atom. The van der Waals surface area contributed by atoms with E-state index >= 15 is 0 Å². The maximum Gasteiger partial charge on any atom is 0.192 e. The van der Waals surface area contributed by atoms with Crippen molar-refractivity contribution in [1.29, 1.82) is 0 Å². The molecule has 1 aliphatic carbocycles. The molecule has 0 spiro atoms. The van der Waals surface area contributed by atoms with Crippen molar-refractivity contribution in [2.24, 2.45) is 0 Å². The highest BCUT2D eigenvalue weighted by Crippen LogP contribution is 2.26. The number of halogens is 1. The molecule has 1 rings (SSSR count). The second-order valence-corrected chi connectivity index (χ2v) is 2.93. The molecule has 1 nitrogen and oxygen atoms in total. The molecular weight excluding hydrogens is 227 g/mol. The Labute approximate surface area is 70.2 Å². The van der Waals surface area contributed by atoms with Crippen molar-refractivity contribution in [3.63, 3.8) is 0 Å². The third kappa shape index (κ3) is 1.85. The first-order chi connectivity index (χ1) is 4.34. The number of hydrogen-bond donors (Lipinski definition) is 0. The molecule has 0 aromatic heterocycles. The van der Waals surface area contributed by atoms with E-state index in [1.54, 1.807) is 0 Å². The summed E-state index contributed by atoms with van der Waals surface area (Å²) < 4.78 is 5.15. The quantitative estimate of drug-likeness (QED) is 0.637. The van der Waals surface area contributed by atoms with Crippen molar-refractivity contribution in [2.75, 3.05) is 0 Å². The van der Waals surface area contributed by atoms with Crippen LogP contribution in [0.4, 0.5) is 0 Å². The van der Waals surface area contributed by atoms with E-state index in [0.29, 0.717) is 0 Å². The van der Waals surface area contributed by atoms with Gasteiger partial charge in [-0.2, -0.15) is 0 Å². The number of hydrogen-bond acceptors (Lipinski definition) is 1. The summed E-state index contributed by atoms with van der Waals surface area (Å²) in [4.78, 5) is 0. The van der Waals surface area contributed by atoms with Crippen molar-refractivity contribution >= 4 is 23.0 Å². The van der Waals surface area contributed by atoms with Crippen molar-refractivity contribution in [3.05, 3.63) is 11.3 Å². The van der Waals surface area contributed by atoms with Crippen LogP contribution in [0.5, 0.6) is 0 Å². The molecule has 0 aromatic carbocycles. The van der Waals surface area contributed by atoms with Crippen LogP contribution in [0.25, 0.3) is 0 Å². The topological polar surface area (TPSA) is 9.23 Å². The maximum absolute atomic E-state index is 5.15. The Bertz CT molecular complexity index is 129. The molecule has 0 saturated carbocycles. The lowest BCUT2D eigenvalue weighted by molar-refractivity contribution is 0.470. The minimum Gasteiger partial charge on any atom is -0.432 e. The van der Waals surface area contributed by atoms with Gasteiger partial charge in [0.15, 0.2) is 23.0 Å². The summed E-state index contributed by atoms with van der Waals surface area (Å²) in [6.45, 7) is 2.16.